The molecule has 0 amide bonds. The van der Waals surface area contributed by atoms with Gasteiger partial charge in [-0.15, -0.1) is 6.58 Å². The molecular formula is C22H24N4. The second kappa shape index (κ2) is 7.16. The molecule has 4 heteroatoms. The highest BCUT2D eigenvalue weighted by Crippen LogP contribution is 2.15. The fourth-order valence-electron chi connectivity index (χ4n) is 3.52. The van der Waals surface area contributed by atoms with Crippen LogP contribution in [0.2, 0.25) is 0 Å². The highest BCUT2D eigenvalue weighted by Gasteiger charge is 2.07. The molecule has 132 valence electrons. The molecule has 0 saturated carbocycles. The van der Waals surface area contributed by atoms with Crippen molar-refractivity contribution in [2.75, 3.05) is 0 Å². The molecule has 0 aromatic carbocycles. The van der Waals surface area contributed by atoms with E-state index in [1.54, 1.807) is 0 Å². The number of nitrogens with one attached hydrogen (secondary N) is 2. The number of hydrogen-bond donors (Lipinski definition) is 2. The predicted octanol–water partition coefficient (Wildman–Crippen LogP) is 4.33. The Morgan fingerprint density at radius 2 is 1.38 bits per heavy atom. The van der Waals surface area contributed by atoms with Crippen LogP contribution in [-0.4, -0.2) is 19.9 Å². The van der Waals surface area contributed by atoms with E-state index < -0.39 is 0 Å². The third kappa shape index (κ3) is 3.85. The zero-order valence-corrected chi connectivity index (χ0v) is 15.2. The Bertz CT molecular complexity index is 1010. The molecule has 2 aromatic heterocycles. The molecule has 4 heterocycles. The standard InChI is InChI=1S/C22H24N4/c1-3-4-16-12-18-7-8-21(25-18)14-22-10-9-20(26-22)13-19-6-5-17(24-19)11-15(2)23-16/h3,9-14,23,26H,1,4-8H2,2H3. The van der Waals surface area contributed by atoms with Crippen LogP contribution in [0.5, 0.6) is 0 Å². The first-order valence-corrected chi connectivity index (χ1v) is 9.20. The first-order chi connectivity index (χ1) is 12.7. The molecule has 0 saturated heterocycles. The number of nitrogens with zero attached hydrogens (tertiary/aromatic N) is 2. The first-order valence-electron chi connectivity index (χ1n) is 9.20. The molecule has 0 radical (unpaired) electrons. The van der Waals surface area contributed by atoms with E-state index in [4.69, 9.17) is 9.97 Å². The van der Waals surface area contributed by atoms with Gasteiger partial charge in [-0.1, -0.05) is 6.08 Å². The lowest BCUT2D eigenvalue weighted by molar-refractivity contribution is 0.999. The SMILES string of the molecule is C=CCc1cc2nc(cc3ccc(cc4nc(cc(C)[nH]1)CC4)[nH]3)CC2. The number of aromatic nitrogens is 4. The third-order valence-electron chi connectivity index (χ3n) is 4.67. The summed E-state index contributed by atoms with van der Waals surface area (Å²) in [6.45, 7) is 5.97. The van der Waals surface area contributed by atoms with Crippen LogP contribution in [0, 0.1) is 6.92 Å². The zero-order chi connectivity index (χ0) is 17.9. The Morgan fingerprint density at radius 1 is 0.846 bits per heavy atom. The van der Waals surface area contributed by atoms with Crippen molar-refractivity contribution < 1.29 is 0 Å². The third-order valence-corrected chi connectivity index (χ3v) is 4.67. The van der Waals surface area contributed by atoms with Crippen molar-refractivity contribution >= 4 is 11.0 Å². The van der Waals surface area contributed by atoms with Gasteiger partial charge in [0.25, 0.3) is 0 Å². The maximum atomic E-state index is 4.80. The first kappa shape index (κ1) is 16.6. The predicted molar refractivity (Wildman–Crippen MR) is 106 cm³/mol. The molecule has 2 aromatic rings. The van der Waals surface area contributed by atoms with Gasteiger partial charge in [-0.05, 0) is 69.0 Å². The Hall–Kier alpha value is -2.88. The molecule has 4 rings (SSSR count). The normalized spacial score (nSPS) is 13.3. The van der Waals surface area contributed by atoms with Gasteiger partial charge < -0.3 is 9.97 Å². The Morgan fingerprint density at radius 3 is 1.96 bits per heavy atom. The van der Waals surface area contributed by atoms with E-state index >= 15 is 0 Å². The van der Waals surface area contributed by atoms with E-state index in [1.165, 1.54) is 0 Å². The Kier molecular flexibility index (Phi) is 4.57. The molecule has 0 aliphatic carbocycles. The summed E-state index contributed by atoms with van der Waals surface area (Å²) < 4.78 is 0. The summed E-state index contributed by atoms with van der Waals surface area (Å²) >= 11 is 0. The summed E-state index contributed by atoms with van der Waals surface area (Å²) in [5.41, 5.74) is 8.90. The van der Waals surface area contributed by atoms with Crippen LogP contribution in [0.3, 0.4) is 0 Å². The van der Waals surface area contributed by atoms with Crippen molar-refractivity contribution in [1.82, 2.24) is 19.9 Å². The van der Waals surface area contributed by atoms with E-state index in [2.05, 4.69) is 59.9 Å². The smallest absolute Gasteiger partial charge is 0.0431 e. The van der Waals surface area contributed by atoms with Gasteiger partial charge in [-0.3, -0.25) is 9.97 Å². The quantitative estimate of drug-likeness (QED) is 0.797. The fraction of sp³-hybridized carbons (Fsp3) is 0.273. The fourth-order valence-corrected chi connectivity index (χ4v) is 3.52. The van der Waals surface area contributed by atoms with E-state index in [1.807, 2.05) is 6.08 Å². The summed E-state index contributed by atoms with van der Waals surface area (Å²) in [6, 6.07) is 12.8. The van der Waals surface area contributed by atoms with Gasteiger partial charge in [0.15, 0.2) is 0 Å². The molecule has 4 nitrogen and oxygen atoms in total. The van der Waals surface area contributed by atoms with Crippen molar-refractivity contribution in [2.24, 2.45) is 0 Å². The van der Waals surface area contributed by atoms with Gasteiger partial charge in [0.05, 0.1) is 0 Å². The van der Waals surface area contributed by atoms with Crippen molar-refractivity contribution in [3.8, 4) is 0 Å². The van der Waals surface area contributed by atoms with Crippen LogP contribution in [0.15, 0.2) is 49.1 Å². The van der Waals surface area contributed by atoms with Gasteiger partial charge in [-0.25, -0.2) is 0 Å². The second-order valence-corrected chi connectivity index (χ2v) is 6.96. The van der Waals surface area contributed by atoms with Crippen molar-refractivity contribution in [1.29, 1.82) is 0 Å². The van der Waals surface area contributed by atoms with E-state index in [0.717, 1.165) is 77.3 Å². The van der Waals surface area contributed by atoms with Crippen molar-refractivity contribution in [2.45, 2.75) is 39.0 Å². The highest BCUT2D eigenvalue weighted by atomic mass is 14.8. The zero-order valence-electron chi connectivity index (χ0n) is 15.2. The van der Waals surface area contributed by atoms with Crippen molar-refractivity contribution in [3.63, 3.8) is 0 Å². The summed E-state index contributed by atoms with van der Waals surface area (Å²) in [4.78, 5) is 16.5. The van der Waals surface area contributed by atoms with Gasteiger partial charge in [0.2, 0.25) is 0 Å². The lowest BCUT2D eigenvalue weighted by atomic mass is 10.2. The number of aromatic amines is 2. The molecule has 0 unspecified atom stereocenters. The minimum atomic E-state index is 0.793. The molecule has 2 aliphatic rings. The number of rotatable bonds is 2. The van der Waals surface area contributed by atoms with Gasteiger partial charge in [0, 0.05) is 51.6 Å². The summed E-state index contributed by atoms with van der Waals surface area (Å²) in [7, 11) is 0. The van der Waals surface area contributed by atoms with E-state index in [0.29, 0.717) is 0 Å². The van der Waals surface area contributed by atoms with Crippen LogP contribution in [-0.2, 0) is 32.1 Å². The average Bonchev–Trinajstić information content (AvgIpc) is 3.31. The lowest BCUT2D eigenvalue weighted by Crippen LogP contribution is -1.90. The molecule has 26 heavy (non-hydrogen) atoms. The summed E-state index contributed by atoms with van der Waals surface area (Å²) in [5, 5.41) is 0. The van der Waals surface area contributed by atoms with Crippen LogP contribution in [0.25, 0.3) is 11.0 Å². The number of H-pyrrole nitrogens is 2. The molecular weight excluding hydrogens is 320 g/mol. The topological polar surface area (TPSA) is 57.4 Å². The number of hydrogen-bond acceptors (Lipinski definition) is 2. The largest absolute Gasteiger partial charge is 0.362 e. The number of allylic oxidation sites excluding steroid dienone is 1. The Labute approximate surface area is 153 Å². The highest BCUT2D eigenvalue weighted by molar-refractivity contribution is 5.59. The molecule has 6 bridgehead atoms. The van der Waals surface area contributed by atoms with E-state index in [9.17, 15) is 0 Å². The monoisotopic (exact) mass is 344 g/mol. The molecule has 2 N–H and O–H groups in total. The molecule has 0 atom stereocenters. The maximum absolute atomic E-state index is 4.80. The molecule has 0 fully saturated rings. The van der Waals surface area contributed by atoms with Gasteiger partial charge in [-0.2, -0.15) is 0 Å². The van der Waals surface area contributed by atoms with Gasteiger partial charge >= 0.3 is 0 Å². The summed E-state index contributed by atoms with van der Waals surface area (Å²) in [5.74, 6) is 0. The minimum Gasteiger partial charge on any atom is -0.362 e. The average molecular weight is 344 g/mol. The number of aryl methyl sites for hydroxylation is 5. The Balaban J connectivity index is 1.98. The van der Waals surface area contributed by atoms with Crippen molar-refractivity contribution in [3.05, 3.63) is 83.2 Å². The lowest BCUT2D eigenvalue weighted by Gasteiger charge is -1.98. The van der Waals surface area contributed by atoms with E-state index in [-0.39, 0.29) is 0 Å². The molecule has 0 spiro atoms. The van der Waals surface area contributed by atoms with Crippen LogP contribution < -0.4 is 0 Å². The van der Waals surface area contributed by atoms with Crippen LogP contribution in [0.4, 0.5) is 0 Å². The maximum Gasteiger partial charge on any atom is 0.0431 e. The van der Waals surface area contributed by atoms with Crippen LogP contribution in [0.1, 0.15) is 34.2 Å². The minimum absolute atomic E-state index is 0.793. The van der Waals surface area contributed by atoms with Crippen LogP contribution >= 0.6 is 0 Å². The molecule has 2 aliphatic heterocycles. The number of fused-ring (bicyclic) bond motifs is 6. The van der Waals surface area contributed by atoms with Gasteiger partial charge in [0.1, 0.15) is 0 Å². The summed E-state index contributed by atoms with van der Waals surface area (Å²) in [6.07, 6.45) is 6.63. The second-order valence-electron chi connectivity index (χ2n) is 6.96.